The van der Waals surface area contributed by atoms with Gasteiger partial charge in [-0.05, 0) is 38.5 Å². The lowest BCUT2D eigenvalue weighted by atomic mass is 10.2. The number of hydrogen-bond acceptors (Lipinski definition) is 3. The molecule has 1 aromatic rings. The van der Waals surface area contributed by atoms with Crippen LogP contribution in [0, 0.1) is 0 Å². The van der Waals surface area contributed by atoms with Gasteiger partial charge in [-0.25, -0.2) is 0 Å². The fourth-order valence-corrected chi connectivity index (χ4v) is 3.05. The molecule has 3 unspecified atom stereocenters. The van der Waals surface area contributed by atoms with E-state index < -0.39 is 0 Å². The summed E-state index contributed by atoms with van der Waals surface area (Å²) >= 11 is 2.00. The van der Waals surface area contributed by atoms with Crippen molar-refractivity contribution in [2.75, 3.05) is 6.26 Å². The van der Waals surface area contributed by atoms with Gasteiger partial charge in [-0.15, -0.1) is 0 Å². The third kappa shape index (κ3) is 2.75. The van der Waals surface area contributed by atoms with Gasteiger partial charge in [-0.3, -0.25) is 5.10 Å². The summed E-state index contributed by atoms with van der Waals surface area (Å²) in [6.45, 7) is 2.19. The molecule has 1 aromatic heterocycles. The van der Waals surface area contributed by atoms with Crippen LogP contribution in [-0.2, 0) is 0 Å². The van der Waals surface area contributed by atoms with E-state index in [0.29, 0.717) is 12.1 Å². The van der Waals surface area contributed by atoms with E-state index in [1.54, 1.807) is 0 Å². The predicted molar refractivity (Wildman–Crippen MR) is 65.1 cm³/mol. The minimum atomic E-state index is 0.387. The number of rotatable bonds is 4. The van der Waals surface area contributed by atoms with Gasteiger partial charge in [0.1, 0.15) is 0 Å². The fraction of sp³-hybridized carbons (Fsp3) is 0.727. The number of nitrogens with zero attached hydrogens (tertiary/aromatic N) is 1. The van der Waals surface area contributed by atoms with Crippen LogP contribution in [0.3, 0.4) is 0 Å². The summed E-state index contributed by atoms with van der Waals surface area (Å²) < 4.78 is 0. The number of aromatic nitrogens is 2. The van der Waals surface area contributed by atoms with E-state index in [9.17, 15) is 0 Å². The topological polar surface area (TPSA) is 40.7 Å². The molecule has 0 radical (unpaired) electrons. The Morgan fingerprint density at radius 3 is 3.07 bits per heavy atom. The van der Waals surface area contributed by atoms with E-state index >= 15 is 0 Å². The molecule has 1 saturated carbocycles. The number of hydrogen-bond donors (Lipinski definition) is 2. The van der Waals surface area contributed by atoms with Crippen molar-refractivity contribution in [3.63, 3.8) is 0 Å². The molecule has 84 valence electrons. The fourth-order valence-electron chi connectivity index (χ4n) is 2.26. The van der Waals surface area contributed by atoms with Crippen molar-refractivity contribution in [3.05, 3.63) is 18.0 Å². The first-order chi connectivity index (χ1) is 7.29. The highest BCUT2D eigenvalue weighted by Crippen LogP contribution is 2.29. The zero-order valence-corrected chi connectivity index (χ0v) is 10.2. The van der Waals surface area contributed by atoms with Crippen LogP contribution in [0.5, 0.6) is 0 Å². The molecular formula is C11H19N3S. The van der Waals surface area contributed by atoms with Crippen molar-refractivity contribution in [2.24, 2.45) is 0 Å². The summed E-state index contributed by atoms with van der Waals surface area (Å²) in [5.41, 5.74) is 1.18. The first kappa shape index (κ1) is 11.0. The van der Waals surface area contributed by atoms with Crippen molar-refractivity contribution in [3.8, 4) is 0 Å². The molecule has 2 N–H and O–H groups in total. The van der Waals surface area contributed by atoms with E-state index in [1.807, 2.05) is 24.0 Å². The summed E-state index contributed by atoms with van der Waals surface area (Å²) in [6.07, 6.45) is 8.00. The Morgan fingerprint density at radius 2 is 2.47 bits per heavy atom. The van der Waals surface area contributed by atoms with Crippen LogP contribution >= 0.6 is 11.8 Å². The van der Waals surface area contributed by atoms with Crippen molar-refractivity contribution < 1.29 is 0 Å². The largest absolute Gasteiger partial charge is 0.306 e. The maximum absolute atomic E-state index is 3.98. The molecule has 1 heterocycles. The first-order valence-electron chi connectivity index (χ1n) is 5.57. The Bertz CT molecular complexity index is 286. The Labute approximate surface area is 95.4 Å². The maximum atomic E-state index is 3.98. The minimum absolute atomic E-state index is 0.387. The summed E-state index contributed by atoms with van der Waals surface area (Å²) in [6, 6.07) is 3.11. The minimum Gasteiger partial charge on any atom is -0.306 e. The standard InChI is InChI=1S/C11H19N3S/c1-8(11-5-6-12-14-11)13-9-3-4-10(7-9)15-2/h5-6,8-10,13H,3-4,7H2,1-2H3,(H,12,14). The van der Waals surface area contributed by atoms with E-state index in [4.69, 9.17) is 0 Å². The van der Waals surface area contributed by atoms with Crippen LogP contribution in [0.2, 0.25) is 0 Å². The Balaban J connectivity index is 1.83. The summed E-state index contributed by atoms with van der Waals surface area (Å²) in [5, 5.41) is 11.5. The van der Waals surface area contributed by atoms with Crippen molar-refractivity contribution in [1.82, 2.24) is 15.5 Å². The van der Waals surface area contributed by atoms with Crippen molar-refractivity contribution >= 4 is 11.8 Å². The second-order valence-corrected chi connectivity index (χ2v) is 5.41. The zero-order chi connectivity index (χ0) is 10.7. The second kappa shape index (κ2) is 5.03. The smallest absolute Gasteiger partial charge is 0.0518 e. The quantitative estimate of drug-likeness (QED) is 0.826. The summed E-state index contributed by atoms with van der Waals surface area (Å²) in [4.78, 5) is 0. The number of H-pyrrole nitrogens is 1. The highest BCUT2D eigenvalue weighted by Gasteiger charge is 2.25. The first-order valence-corrected chi connectivity index (χ1v) is 6.86. The van der Waals surface area contributed by atoms with Gasteiger partial charge in [-0.2, -0.15) is 16.9 Å². The zero-order valence-electron chi connectivity index (χ0n) is 9.36. The van der Waals surface area contributed by atoms with Gasteiger partial charge in [0.05, 0.1) is 5.69 Å². The predicted octanol–water partition coefficient (Wildman–Crippen LogP) is 2.34. The average Bonchev–Trinajstić information content (AvgIpc) is 2.87. The molecule has 0 aromatic carbocycles. The molecule has 15 heavy (non-hydrogen) atoms. The van der Waals surface area contributed by atoms with Crippen LogP contribution < -0.4 is 5.32 Å². The van der Waals surface area contributed by atoms with Crippen LogP contribution in [0.1, 0.15) is 37.9 Å². The van der Waals surface area contributed by atoms with E-state index in [1.165, 1.54) is 25.0 Å². The number of aromatic amines is 1. The lowest BCUT2D eigenvalue weighted by molar-refractivity contribution is 0.455. The van der Waals surface area contributed by atoms with Gasteiger partial charge in [0.15, 0.2) is 0 Å². The Kier molecular flexibility index (Phi) is 3.70. The summed E-state index contributed by atoms with van der Waals surface area (Å²) in [7, 11) is 0. The van der Waals surface area contributed by atoms with Crippen LogP contribution in [-0.4, -0.2) is 27.7 Å². The third-order valence-electron chi connectivity index (χ3n) is 3.19. The molecule has 0 amide bonds. The van der Waals surface area contributed by atoms with E-state index in [2.05, 4.69) is 28.7 Å². The molecule has 3 atom stereocenters. The lowest BCUT2D eigenvalue weighted by Crippen LogP contribution is -2.29. The van der Waals surface area contributed by atoms with Crippen LogP contribution in [0.15, 0.2) is 12.3 Å². The normalized spacial score (nSPS) is 28.1. The molecule has 0 aliphatic heterocycles. The molecule has 0 saturated heterocycles. The van der Waals surface area contributed by atoms with Crippen LogP contribution in [0.25, 0.3) is 0 Å². The Morgan fingerprint density at radius 1 is 1.60 bits per heavy atom. The van der Waals surface area contributed by atoms with Gasteiger partial charge >= 0.3 is 0 Å². The molecule has 2 rings (SSSR count). The SMILES string of the molecule is CSC1CCC(NC(C)c2ccn[nH]2)C1. The molecule has 0 bridgehead atoms. The highest BCUT2D eigenvalue weighted by molar-refractivity contribution is 7.99. The second-order valence-electron chi connectivity index (χ2n) is 4.27. The molecule has 4 heteroatoms. The highest BCUT2D eigenvalue weighted by atomic mass is 32.2. The van der Waals surface area contributed by atoms with Crippen molar-refractivity contribution in [1.29, 1.82) is 0 Å². The third-order valence-corrected chi connectivity index (χ3v) is 4.29. The van der Waals surface area contributed by atoms with Gasteiger partial charge in [0, 0.05) is 23.5 Å². The number of thioether (sulfide) groups is 1. The molecule has 3 nitrogen and oxygen atoms in total. The van der Waals surface area contributed by atoms with Crippen molar-refractivity contribution in [2.45, 2.75) is 43.5 Å². The van der Waals surface area contributed by atoms with Gasteiger partial charge in [-0.1, -0.05) is 0 Å². The van der Waals surface area contributed by atoms with Gasteiger partial charge in [0.2, 0.25) is 0 Å². The average molecular weight is 225 g/mol. The molecule has 1 aliphatic rings. The monoisotopic (exact) mass is 225 g/mol. The maximum Gasteiger partial charge on any atom is 0.0518 e. The summed E-state index contributed by atoms with van der Waals surface area (Å²) in [5.74, 6) is 0. The van der Waals surface area contributed by atoms with E-state index in [-0.39, 0.29) is 0 Å². The molecular weight excluding hydrogens is 206 g/mol. The van der Waals surface area contributed by atoms with Gasteiger partial charge < -0.3 is 5.32 Å². The molecule has 1 aliphatic carbocycles. The number of nitrogens with one attached hydrogen (secondary N) is 2. The molecule has 0 spiro atoms. The van der Waals surface area contributed by atoms with Crippen LogP contribution in [0.4, 0.5) is 0 Å². The van der Waals surface area contributed by atoms with E-state index in [0.717, 1.165) is 5.25 Å². The molecule has 1 fully saturated rings. The lowest BCUT2D eigenvalue weighted by Gasteiger charge is -2.18. The van der Waals surface area contributed by atoms with Gasteiger partial charge in [0.25, 0.3) is 0 Å². The Hall–Kier alpha value is -0.480.